The molecule has 0 aliphatic rings. The molecule has 0 spiro atoms. The van der Waals surface area contributed by atoms with Crippen LogP contribution in [0.3, 0.4) is 0 Å². The minimum atomic E-state index is -0.663. The highest BCUT2D eigenvalue weighted by molar-refractivity contribution is 5.66. The van der Waals surface area contributed by atoms with Crippen LogP contribution in [0.4, 0.5) is 0 Å². The highest BCUT2D eigenvalue weighted by atomic mass is 16.4. The van der Waals surface area contributed by atoms with Crippen molar-refractivity contribution in [3.05, 3.63) is 0 Å². The molecular formula is C16H32O2. The third kappa shape index (κ3) is 10.6. The lowest BCUT2D eigenvalue weighted by atomic mass is 9.92. The molecule has 0 aromatic carbocycles. The number of rotatable bonds is 11. The van der Waals surface area contributed by atoms with Crippen LogP contribution < -0.4 is 0 Å². The van der Waals surface area contributed by atoms with Crippen molar-refractivity contribution in [2.24, 2.45) is 17.8 Å². The predicted octanol–water partition coefficient (Wildman–Crippen LogP) is 5.12. The van der Waals surface area contributed by atoms with Crippen LogP contribution in [0.1, 0.15) is 79.1 Å². The van der Waals surface area contributed by atoms with Crippen LogP contribution in [-0.4, -0.2) is 11.1 Å². The summed E-state index contributed by atoms with van der Waals surface area (Å²) in [4.78, 5) is 10.5. The van der Waals surface area contributed by atoms with Crippen LogP contribution >= 0.6 is 0 Å². The normalized spacial score (nSPS) is 16.2. The number of aliphatic carboxylic acids is 1. The summed E-state index contributed by atoms with van der Waals surface area (Å²) in [6.45, 7) is 8.97. The van der Waals surface area contributed by atoms with Crippen molar-refractivity contribution in [2.75, 3.05) is 0 Å². The third-order valence-corrected chi connectivity index (χ3v) is 4.01. The molecule has 3 unspecified atom stereocenters. The van der Waals surface area contributed by atoms with Crippen LogP contribution in [0.25, 0.3) is 0 Å². The molecule has 3 atom stereocenters. The SMILES string of the molecule is CCC(C)CCCC(C)CCCC(C)CC(=O)O. The van der Waals surface area contributed by atoms with E-state index in [0.717, 1.165) is 18.3 Å². The van der Waals surface area contributed by atoms with Gasteiger partial charge in [-0.2, -0.15) is 0 Å². The van der Waals surface area contributed by atoms with Gasteiger partial charge in [0.2, 0.25) is 0 Å². The lowest BCUT2D eigenvalue weighted by Crippen LogP contribution is -2.05. The van der Waals surface area contributed by atoms with Gasteiger partial charge in [-0.1, -0.05) is 72.6 Å². The Morgan fingerprint density at radius 3 is 1.78 bits per heavy atom. The second-order valence-electron chi connectivity index (χ2n) is 6.18. The molecule has 2 heteroatoms. The summed E-state index contributed by atoms with van der Waals surface area (Å²) >= 11 is 0. The maximum Gasteiger partial charge on any atom is 0.303 e. The van der Waals surface area contributed by atoms with Crippen molar-refractivity contribution < 1.29 is 9.90 Å². The summed E-state index contributed by atoms with van der Waals surface area (Å²) < 4.78 is 0. The van der Waals surface area contributed by atoms with Gasteiger partial charge in [0.25, 0.3) is 0 Å². The first-order valence-electron chi connectivity index (χ1n) is 7.67. The van der Waals surface area contributed by atoms with Gasteiger partial charge in [0.15, 0.2) is 0 Å². The topological polar surface area (TPSA) is 37.3 Å². The summed E-state index contributed by atoms with van der Waals surface area (Å²) in [6, 6.07) is 0. The molecule has 1 N–H and O–H groups in total. The quantitative estimate of drug-likeness (QED) is 0.557. The number of carbonyl (C=O) groups is 1. The van der Waals surface area contributed by atoms with Crippen molar-refractivity contribution in [3.8, 4) is 0 Å². The Balaban J connectivity index is 3.47. The fourth-order valence-corrected chi connectivity index (χ4v) is 2.38. The van der Waals surface area contributed by atoms with Gasteiger partial charge in [-0.3, -0.25) is 4.79 Å². The van der Waals surface area contributed by atoms with Gasteiger partial charge in [-0.25, -0.2) is 0 Å². The smallest absolute Gasteiger partial charge is 0.303 e. The Hall–Kier alpha value is -0.530. The highest BCUT2D eigenvalue weighted by Gasteiger charge is 2.09. The third-order valence-electron chi connectivity index (χ3n) is 4.01. The molecule has 0 bridgehead atoms. The zero-order valence-corrected chi connectivity index (χ0v) is 12.7. The Morgan fingerprint density at radius 2 is 1.33 bits per heavy atom. The van der Waals surface area contributed by atoms with Crippen molar-refractivity contribution >= 4 is 5.97 Å². The minimum Gasteiger partial charge on any atom is -0.481 e. The molecule has 0 radical (unpaired) electrons. The standard InChI is InChI=1S/C16H32O2/c1-5-13(2)8-6-9-14(3)10-7-11-15(4)12-16(17)18/h13-15H,5-12H2,1-4H3,(H,17,18). The Labute approximate surface area is 113 Å². The van der Waals surface area contributed by atoms with Gasteiger partial charge < -0.3 is 5.11 Å². The van der Waals surface area contributed by atoms with E-state index in [9.17, 15) is 4.79 Å². The van der Waals surface area contributed by atoms with E-state index < -0.39 is 5.97 Å². The summed E-state index contributed by atoms with van der Waals surface area (Å²) in [6.07, 6.45) is 9.14. The first-order chi connectivity index (χ1) is 8.45. The number of hydrogen-bond donors (Lipinski definition) is 1. The highest BCUT2D eigenvalue weighted by Crippen LogP contribution is 2.20. The second kappa shape index (κ2) is 10.4. The first kappa shape index (κ1) is 17.5. The van der Waals surface area contributed by atoms with Crippen LogP contribution in [0.15, 0.2) is 0 Å². The number of hydrogen-bond acceptors (Lipinski definition) is 1. The second-order valence-corrected chi connectivity index (χ2v) is 6.18. The van der Waals surface area contributed by atoms with Crippen molar-refractivity contribution in [1.82, 2.24) is 0 Å². The first-order valence-corrected chi connectivity index (χ1v) is 7.67. The molecule has 0 aromatic rings. The number of carboxylic acids is 1. The number of carboxylic acid groups (broad SMARTS) is 1. The Kier molecular flexibility index (Phi) is 10.1. The van der Waals surface area contributed by atoms with E-state index in [1.54, 1.807) is 0 Å². The van der Waals surface area contributed by atoms with E-state index >= 15 is 0 Å². The summed E-state index contributed by atoms with van der Waals surface area (Å²) in [7, 11) is 0. The summed E-state index contributed by atoms with van der Waals surface area (Å²) in [5.41, 5.74) is 0. The van der Waals surface area contributed by atoms with Crippen LogP contribution in [0, 0.1) is 17.8 Å². The zero-order chi connectivity index (χ0) is 14.0. The van der Waals surface area contributed by atoms with Gasteiger partial charge in [-0.15, -0.1) is 0 Å². The maximum atomic E-state index is 10.5. The van der Waals surface area contributed by atoms with Gasteiger partial charge >= 0.3 is 5.97 Å². The fourth-order valence-electron chi connectivity index (χ4n) is 2.38. The molecular weight excluding hydrogens is 224 g/mol. The molecule has 18 heavy (non-hydrogen) atoms. The molecule has 0 fully saturated rings. The van der Waals surface area contributed by atoms with E-state index in [4.69, 9.17) is 5.11 Å². The molecule has 0 rings (SSSR count). The van der Waals surface area contributed by atoms with Crippen molar-refractivity contribution in [2.45, 2.75) is 79.1 Å². The largest absolute Gasteiger partial charge is 0.481 e. The predicted molar refractivity (Wildman–Crippen MR) is 77.7 cm³/mol. The van der Waals surface area contributed by atoms with E-state index in [2.05, 4.69) is 20.8 Å². The van der Waals surface area contributed by atoms with E-state index in [0.29, 0.717) is 12.3 Å². The molecule has 108 valence electrons. The zero-order valence-electron chi connectivity index (χ0n) is 12.7. The van der Waals surface area contributed by atoms with Crippen LogP contribution in [0.5, 0.6) is 0 Å². The van der Waals surface area contributed by atoms with Crippen LogP contribution in [0.2, 0.25) is 0 Å². The fraction of sp³-hybridized carbons (Fsp3) is 0.938. The molecule has 0 saturated carbocycles. The molecule has 0 amide bonds. The molecule has 0 aromatic heterocycles. The van der Waals surface area contributed by atoms with Gasteiger partial charge in [-0.05, 0) is 17.8 Å². The van der Waals surface area contributed by atoms with Gasteiger partial charge in [0.05, 0.1) is 0 Å². The monoisotopic (exact) mass is 256 g/mol. The van der Waals surface area contributed by atoms with Gasteiger partial charge in [0.1, 0.15) is 0 Å². The maximum absolute atomic E-state index is 10.5. The average molecular weight is 256 g/mol. The minimum absolute atomic E-state index is 0.322. The molecule has 0 saturated heterocycles. The summed E-state index contributed by atoms with van der Waals surface area (Å²) in [5, 5.41) is 8.68. The van der Waals surface area contributed by atoms with Crippen LogP contribution in [-0.2, 0) is 4.79 Å². The van der Waals surface area contributed by atoms with E-state index in [1.165, 1.54) is 38.5 Å². The Morgan fingerprint density at radius 1 is 0.889 bits per heavy atom. The molecule has 0 aliphatic carbocycles. The molecule has 0 aliphatic heterocycles. The van der Waals surface area contributed by atoms with E-state index in [-0.39, 0.29) is 0 Å². The lowest BCUT2D eigenvalue weighted by molar-refractivity contribution is -0.138. The Bertz CT molecular complexity index is 213. The lowest BCUT2D eigenvalue weighted by Gasteiger charge is -2.14. The molecule has 2 nitrogen and oxygen atoms in total. The average Bonchev–Trinajstić information content (AvgIpc) is 2.27. The van der Waals surface area contributed by atoms with Crippen molar-refractivity contribution in [3.63, 3.8) is 0 Å². The molecule has 0 heterocycles. The van der Waals surface area contributed by atoms with E-state index in [1.807, 2.05) is 6.92 Å². The van der Waals surface area contributed by atoms with Crippen molar-refractivity contribution in [1.29, 1.82) is 0 Å². The summed E-state index contributed by atoms with van der Waals surface area (Å²) in [5.74, 6) is 1.33. The van der Waals surface area contributed by atoms with Gasteiger partial charge in [0, 0.05) is 6.42 Å².